The summed E-state index contributed by atoms with van der Waals surface area (Å²) in [5.74, 6) is 1.19. The SMILES string of the molecule is CC1CC(C)CN(C(=O)c2cnn(Cc3ccccc3Cl)c2)C1. The molecular formula is C18H22ClN3O. The molecule has 1 aromatic heterocycles. The summed E-state index contributed by atoms with van der Waals surface area (Å²) in [5, 5.41) is 5.03. The minimum atomic E-state index is 0.0776. The molecule has 0 bridgehead atoms. The number of hydrogen-bond acceptors (Lipinski definition) is 2. The number of likely N-dealkylation sites (tertiary alicyclic amines) is 1. The number of amides is 1. The summed E-state index contributed by atoms with van der Waals surface area (Å²) in [6, 6.07) is 7.69. The lowest BCUT2D eigenvalue weighted by molar-refractivity contribution is 0.0623. The van der Waals surface area contributed by atoms with Crippen LogP contribution in [0.25, 0.3) is 0 Å². The van der Waals surface area contributed by atoms with Gasteiger partial charge in [0.05, 0.1) is 18.3 Å². The van der Waals surface area contributed by atoms with Crippen molar-refractivity contribution in [2.45, 2.75) is 26.8 Å². The van der Waals surface area contributed by atoms with Crippen LogP contribution in [0.3, 0.4) is 0 Å². The van der Waals surface area contributed by atoms with Crippen LogP contribution in [0, 0.1) is 11.8 Å². The van der Waals surface area contributed by atoms with E-state index < -0.39 is 0 Å². The third-order valence-electron chi connectivity index (χ3n) is 4.33. The Morgan fingerprint density at radius 1 is 1.26 bits per heavy atom. The lowest BCUT2D eigenvalue weighted by atomic mass is 9.91. The van der Waals surface area contributed by atoms with Crippen molar-refractivity contribution < 1.29 is 4.79 Å². The van der Waals surface area contributed by atoms with Gasteiger partial charge in [-0.25, -0.2) is 0 Å². The van der Waals surface area contributed by atoms with Gasteiger partial charge in [-0.05, 0) is 29.9 Å². The molecule has 0 spiro atoms. The van der Waals surface area contributed by atoms with Gasteiger partial charge in [-0.1, -0.05) is 43.6 Å². The fraction of sp³-hybridized carbons (Fsp3) is 0.444. The normalized spacial score (nSPS) is 21.4. The maximum Gasteiger partial charge on any atom is 0.257 e. The van der Waals surface area contributed by atoms with Crippen molar-refractivity contribution in [3.63, 3.8) is 0 Å². The maximum atomic E-state index is 12.7. The highest BCUT2D eigenvalue weighted by atomic mass is 35.5. The summed E-state index contributed by atoms with van der Waals surface area (Å²) >= 11 is 6.18. The van der Waals surface area contributed by atoms with Crippen LogP contribution in [-0.4, -0.2) is 33.7 Å². The van der Waals surface area contributed by atoms with Crippen LogP contribution in [-0.2, 0) is 6.54 Å². The van der Waals surface area contributed by atoms with Crippen LogP contribution in [0.15, 0.2) is 36.7 Å². The Morgan fingerprint density at radius 2 is 1.96 bits per heavy atom. The van der Waals surface area contributed by atoms with Gasteiger partial charge in [-0.3, -0.25) is 9.48 Å². The van der Waals surface area contributed by atoms with Gasteiger partial charge in [0.2, 0.25) is 0 Å². The van der Waals surface area contributed by atoms with Crippen LogP contribution in [0.4, 0.5) is 0 Å². The van der Waals surface area contributed by atoms with Crippen molar-refractivity contribution in [1.29, 1.82) is 0 Å². The van der Waals surface area contributed by atoms with Crippen molar-refractivity contribution in [1.82, 2.24) is 14.7 Å². The van der Waals surface area contributed by atoms with Crippen LogP contribution >= 0.6 is 11.6 Å². The third kappa shape index (κ3) is 3.75. The molecule has 5 heteroatoms. The molecule has 1 fully saturated rings. The highest BCUT2D eigenvalue weighted by molar-refractivity contribution is 6.31. The number of benzene rings is 1. The van der Waals surface area contributed by atoms with E-state index in [0.29, 0.717) is 23.9 Å². The molecule has 2 atom stereocenters. The van der Waals surface area contributed by atoms with Crippen molar-refractivity contribution in [2.24, 2.45) is 11.8 Å². The molecule has 2 heterocycles. The Hall–Kier alpha value is -1.81. The lowest BCUT2D eigenvalue weighted by Crippen LogP contribution is -2.42. The van der Waals surface area contributed by atoms with E-state index in [9.17, 15) is 4.79 Å². The standard InChI is InChI=1S/C18H22ClN3O/c1-13-7-14(2)10-21(9-13)18(23)16-8-20-22(12-16)11-15-5-3-4-6-17(15)19/h3-6,8,12-14H,7,9-11H2,1-2H3. The van der Waals surface area contributed by atoms with E-state index >= 15 is 0 Å². The quantitative estimate of drug-likeness (QED) is 0.860. The number of hydrogen-bond donors (Lipinski definition) is 0. The van der Waals surface area contributed by atoms with Crippen molar-refractivity contribution >= 4 is 17.5 Å². The second-order valence-electron chi connectivity index (χ2n) is 6.67. The topological polar surface area (TPSA) is 38.1 Å². The molecule has 1 aliphatic heterocycles. The van der Waals surface area contributed by atoms with Gasteiger partial charge in [-0.2, -0.15) is 5.10 Å². The molecule has 0 saturated carbocycles. The Morgan fingerprint density at radius 3 is 2.65 bits per heavy atom. The van der Waals surface area contributed by atoms with E-state index in [0.717, 1.165) is 23.7 Å². The molecule has 2 unspecified atom stereocenters. The van der Waals surface area contributed by atoms with Gasteiger partial charge in [0.1, 0.15) is 0 Å². The van der Waals surface area contributed by atoms with E-state index in [-0.39, 0.29) is 5.91 Å². The Labute approximate surface area is 142 Å². The van der Waals surface area contributed by atoms with Crippen LogP contribution in [0.5, 0.6) is 0 Å². The summed E-state index contributed by atoms with van der Waals surface area (Å²) in [6.45, 7) is 6.64. The van der Waals surface area contributed by atoms with E-state index in [1.165, 1.54) is 6.42 Å². The number of nitrogens with zero attached hydrogens (tertiary/aromatic N) is 3. The van der Waals surface area contributed by atoms with Crippen molar-refractivity contribution in [2.75, 3.05) is 13.1 Å². The largest absolute Gasteiger partial charge is 0.338 e. The van der Waals surface area contributed by atoms with Gasteiger partial charge < -0.3 is 4.90 Å². The minimum Gasteiger partial charge on any atom is -0.338 e. The third-order valence-corrected chi connectivity index (χ3v) is 4.70. The fourth-order valence-corrected chi connectivity index (χ4v) is 3.57. The molecule has 122 valence electrons. The maximum absolute atomic E-state index is 12.7. The second kappa shape index (κ2) is 6.75. The molecule has 4 nitrogen and oxygen atoms in total. The molecule has 1 amide bonds. The highest BCUT2D eigenvalue weighted by Gasteiger charge is 2.26. The average Bonchev–Trinajstić information content (AvgIpc) is 2.96. The van der Waals surface area contributed by atoms with Crippen molar-refractivity contribution in [3.8, 4) is 0 Å². The first kappa shape index (κ1) is 16.1. The summed E-state index contributed by atoms with van der Waals surface area (Å²) < 4.78 is 1.77. The molecule has 3 rings (SSSR count). The Bertz CT molecular complexity index is 687. The van der Waals surface area contributed by atoms with E-state index in [4.69, 9.17) is 11.6 Å². The van der Waals surface area contributed by atoms with Crippen molar-refractivity contribution in [3.05, 3.63) is 52.8 Å². The van der Waals surface area contributed by atoms with Gasteiger partial charge in [0.25, 0.3) is 5.91 Å². The number of carbonyl (C=O) groups excluding carboxylic acids is 1. The lowest BCUT2D eigenvalue weighted by Gasteiger charge is -2.34. The number of carbonyl (C=O) groups is 1. The zero-order valence-electron chi connectivity index (χ0n) is 13.6. The van der Waals surface area contributed by atoms with E-state index in [1.807, 2.05) is 35.4 Å². The Balaban J connectivity index is 1.71. The summed E-state index contributed by atoms with van der Waals surface area (Å²) in [6.07, 6.45) is 4.66. The molecular weight excluding hydrogens is 310 g/mol. The monoisotopic (exact) mass is 331 g/mol. The van der Waals surface area contributed by atoms with Crippen LogP contribution < -0.4 is 0 Å². The first-order valence-corrected chi connectivity index (χ1v) is 8.46. The molecule has 1 aromatic carbocycles. The molecule has 0 N–H and O–H groups in total. The number of aromatic nitrogens is 2. The van der Waals surface area contributed by atoms with Crippen LogP contribution in [0.2, 0.25) is 5.02 Å². The Kier molecular flexibility index (Phi) is 4.71. The first-order chi connectivity index (χ1) is 11.0. The number of piperidine rings is 1. The van der Waals surface area contributed by atoms with Gasteiger partial charge in [0, 0.05) is 24.3 Å². The predicted molar refractivity (Wildman–Crippen MR) is 91.6 cm³/mol. The predicted octanol–water partition coefficient (Wildman–Crippen LogP) is 3.70. The second-order valence-corrected chi connectivity index (χ2v) is 7.08. The summed E-state index contributed by atoms with van der Waals surface area (Å²) in [7, 11) is 0. The number of halogens is 1. The fourth-order valence-electron chi connectivity index (χ4n) is 3.37. The van der Waals surface area contributed by atoms with Gasteiger partial charge >= 0.3 is 0 Å². The molecule has 0 radical (unpaired) electrons. The molecule has 23 heavy (non-hydrogen) atoms. The van der Waals surface area contributed by atoms with Gasteiger partial charge in [0.15, 0.2) is 0 Å². The highest BCUT2D eigenvalue weighted by Crippen LogP contribution is 2.22. The van der Waals surface area contributed by atoms with E-state index in [1.54, 1.807) is 10.9 Å². The first-order valence-electron chi connectivity index (χ1n) is 8.08. The zero-order chi connectivity index (χ0) is 16.4. The molecule has 0 aliphatic carbocycles. The van der Waals surface area contributed by atoms with Gasteiger partial charge in [-0.15, -0.1) is 0 Å². The van der Waals surface area contributed by atoms with Crippen LogP contribution in [0.1, 0.15) is 36.2 Å². The summed E-state index contributed by atoms with van der Waals surface area (Å²) in [5.41, 5.74) is 1.65. The molecule has 2 aromatic rings. The molecule has 1 aliphatic rings. The average molecular weight is 332 g/mol. The number of rotatable bonds is 3. The molecule has 1 saturated heterocycles. The van der Waals surface area contributed by atoms with E-state index in [2.05, 4.69) is 18.9 Å². The summed E-state index contributed by atoms with van der Waals surface area (Å²) in [4.78, 5) is 14.6. The smallest absolute Gasteiger partial charge is 0.257 e. The zero-order valence-corrected chi connectivity index (χ0v) is 14.3. The minimum absolute atomic E-state index is 0.0776.